The van der Waals surface area contributed by atoms with Gasteiger partial charge in [0.25, 0.3) is 0 Å². The zero-order valence-corrected chi connectivity index (χ0v) is 10.6. The second kappa shape index (κ2) is 4.53. The van der Waals surface area contributed by atoms with E-state index in [0.29, 0.717) is 17.4 Å². The van der Waals surface area contributed by atoms with E-state index in [4.69, 9.17) is 4.74 Å². The highest BCUT2D eigenvalue weighted by atomic mass is 19.1. The minimum atomic E-state index is -0.370. The second-order valence-electron chi connectivity index (χ2n) is 4.72. The maximum atomic E-state index is 13.4. The molecule has 4 heteroatoms. The molecule has 3 rings (SSSR count). The van der Waals surface area contributed by atoms with Gasteiger partial charge in [0.2, 0.25) is 5.88 Å². The number of hydrogen-bond donors (Lipinski definition) is 1. The van der Waals surface area contributed by atoms with Crippen molar-refractivity contribution in [3.05, 3.63) is 41.8 Å². The Morgan fingerprint density at radius 1 is 1.21 bits per heavy atom. The number of pyridine rings is 1. The van der Waals surface area contributed by atoms with E-state index < -0.39 is 0 Å². The number of nitrogens with zero attached hydrogens (tertiary/aromatic N) is 1. The highest BCUT2D eigenvalue weighted by Crippen LogP contribution is 2.45. The molecular weight excluding hydrogens is 245 g/mol. The van der Waals surface area contributed by atoms with Crippen molar-refractivity contribution in [1.29, 1.82) is 0 Å². The summed E-state index contributed by atoms with van der Waals surface area (Å²) in [6, 6.07) is 7.50. The van der Waals surface area contributed by atoms with E-state index in [9.17, 15) is 9.50 Å². The van der Waals surface area contributed by atoms with Crippen molar-refractivity contribution >= 4 is 0 Å². The number of phenolic OH excluding ortho intramolecular Hbond substituents is 1. The molecule has 98 valence electrons. The van der Waals surface area contributed by atoms with Crippen LogP contribution in [0.5, 0.6) is 11.6 Å². The number of benzene rings is 1. The van der Waals surface area contributed by atoms with Gasteiger partial charge in [-0.25, -0.2) is 9.37 Å². The summed E-state index contributed by atoms with van der Waals surface area (Å²) in [6.07, 6.45) is 2.15. The zero-order chi connectivity index (χ0) is 13.4. The molecule has 0 unspecified atom stereocenters. The number of halogens is 1. The van der Waals surface area contributed by atoms with E-state index in [1.165, 1.54) is 18.2 Å². The summed E-state index contributed by atoms with van der Waals surface area (Å²) >= 11 is 0. The minimum absolute atomic E-state index is 0.0651. The molecule has 1 saturated carbocycles. The summed E-state index contributed by atoms with van der Waals surface area (Å²) in [6.45, 7) is 0. The molecular formula is C15H14FNO2. The lowest BCUT2D eigenvalue weighted by molar-refractivity contribution is 0.396. The lowest BCUT2D eigenvalue weighted by Crippen LogP contribution is -1.96. The molecule has 1 aromatic heterocycles. The number of aromatic nitrogens is 1. The Hall–Kier alpha value is -2.10. The third-order valence-corrected chi connectivity index (χ3v) is 3.32. The Morgan fingerprint density at radius 2 is 2.00 bits per heavy atom. The van der Waals surface area contributed by atoms with Gasteiger partial charge in [0, 0.05) is 23.1 Å². The van der Waals surface area contributed by atoms with Crippen LogP contribution < -0.4 is 4.74 Å². The van der Waals surface area contributed by atoms with Gasteiger partial charge in [0.15, 0.2) is 0 Å². The van der Waals surface area contributed by atoms with Gasteiger partial charge in [-0.1, -0.05) is 0 Å². The summed E-state index contributed by atoms with van der Waals surface area (Å²) in [4.78, 5) is 4.44. The minimum Gasteiger partial charge on any atom is -0.507 e. The maximum Gasteiger partial charge on any atom is 0.213 e. The average molecular weight is 259 g/mol. The van der Waals surface area contributed by atoms with E-state index in [2.05, 4.69) is 4.98 Å². The predicted octanol–water partition coefficient (Wildman–Crippen LogP) is 3.48. The smallest absolute Gasteiger partial charge is 0.213 e. The molecule has 0 bridgehead atoms. The quantitative estimate of drug-likeness (QED) is 0.917. The summed E-state index contributed by atoms with van der Waals surface area (Å²) in [5.41, 5.74) is 2.14. The molecule has 0 radical (unpaired) electrons. The van der Waals surface area contributed by atoms with Crippen LogP contribution in [0.15, 0.2) is 30.3 Å². The monoisotopic (exact) mass is 259 g/mol. The van der Waals surface area contributed by atoms with E-state index in [1.807, 2.05) is 6.07 Å². The fraction of sp³-hybridized carbons (Fsp3) is 0.267. The van der Waals surface area contributed by atoms with Crippen molar-refractivity contribution in [2.75, 3.05) is 7.11 Å². The molecule has 1 aliphatic carbocycles. The van der Waals surface area contributed by atoms with Crippen molar-refractivity contribution in [3.8, 4) is 22.8 Å². The summed E-state index contributed by atoms with van der Waals surface area (Å²) in [5, 5.41) is 9.92. The summed E-state index contributed by atoms with van der Waals surface area (Å²) in [5.74, 6) is 0.620. The van der Waals surface area contributed by atoms with Crippen LogP contribution >= 0.6 is 0 Å². The first kappa shape index (κ1) is 12.0. The standard InChI is InChI=1S/C15H14FNO2/c1-19-14-7-5-11(15(17-14)9-2-3-9)12-8-10(16)4-6-13(12)18/h4-9,18H,2-3H2,1H3. The second-order valence-corrected chi connectivity index (χ2v) is 4.72. The van der Waals surface area contributed by atoms with Crippen LogP contribution in [0.25, 0.3) is 11.1 Å². The molecule has 19 heavy (non-hydrogen) atoms. The van der Waals surface area contributed by atoms with Crippen molar-refractivity contribution in [1.82, 2.24) is 4.98 Å². The fourth-order valence-electron chi connectivity index (χ4n) is 2.19. The van der Waals surface area contributed by atoms with Gasteiger partial charge in [-0.05, 0) is 37.1 Å². The number of aromatic hydroxyl groups is 1. The largest absolute Gasteiger partial charge is 0.507 e. The molecule has 0 aliphatic heterocycles. The Bertz CT molecular complexity index is 624. The predicted molar refractivity (Wildman–Crippen MR) is 69.8 cm³/mol. The highest BCUT2D eigenvalue weighted by Gasteiger charge is 2.29. The molecule has 1 heterocycles. The molecule has 0 amide bonds. The van der Waals surface area contributed by atoms with Gasteiger partial charge in [0.1, 0.15) is 11.6 Å². The summed E-state index contributed by atoms with van der Waals surface area (Å²) in [7, 11) is 1.57. The van der Waals surface area contributed by atoms with Gasteiger partial charge in [-0.3, -0.25) is 0 Å². The lowest BCUT2D eigenvalue weighted by atomic mass is 10.0. The van der Waals surface area contributed by atoms with E-state index >= 15 is 0 Å². The van der Waals surface area contributed by atoms with Crippen LogP contribution in [0.2, 0.25) is 0 Å². The Kier molecular flexibility index (Phi) is 2.85. The first-order chi connectivity index (χ1) is 9.19. The van der Waals surface area contributed by atoms with Crippen molar-refractivity contribution in [2.24, 2.45) is 0 Å². The van der Waals surface area contributed by atoms with Gasteiger partial charge in [-0.2, -0.15) is 0 Å². The Balaban J connectivity index is 2.15. The average Bonchev–Trinajstić information content (AvgIpc) is 3.25. The SMILES string of the molecule is COc1ccc(-c2cc(F)ccc2O)c(C2CC2)n1. The van der Waals surface area contributed by atoms with Crippen LogP contribution in [0.3, 0.4) is 0 Å². The number of methoxy groups -OCH3 is 1. The maximum absolute atomic E-state index is 13.4. The molecule has 0 spiro atoms. The van der Waals surface area contributed by atoms with Crippen LogP contribution in [0.4, 0.5) is 4.39 Å². The van der Waals surface area contributed by atoms with Gasteiger partial charge in [-0.15, -0.1) is 0 Å². The van der Waals surface area contributed by atoms with Gasteiger partial charge in [0.05, 0.1) is 12.8 Å². The normalized spacial score (nSPS) is 14.4. The number of ether oxygens (including phenoxy) is 1. The molecule has 3 nitrogen and oxygen atoms in total. The first-order valence-electron chi connectivity index (χ1n) is 6.23. The van der Waals surface area contributed by atoms with Gasteiger partial charge >= 0.3 is 0 Å². The van der Waals surface area contributed by atoms with Crippen LogP contribution in [0.1, 0.15) is 24.5 Å². The number of phenols is 1. The number of hydrogen-bond acceptors (Lipinski definition) is 3. The van der Waals surface area contributed by atoms with E-state index in [1.54, 1.807) is 13.2 Å². The van der Waals surface area contributed by atoms with Crippen molar-refractivity contribution < 1.29 is 14.2 Å². The van der Waals surface area contributed by atoms with Crippen LogP contribution in [-0.2, 0) is 0 Å². The molecule has 0 saturated heterocycles. The van der Waals surface area contributed by atoms with E-state index in [0.717, 1.165) is 24.1 Å². The third kappa shape index (κ3) is 2.26. The third-order valence-electron chi connectivity index (χ3n) is 3.32. The zero-order valence-electron chi connectivity index (χ0n) is 10.6. The molecule has 0 atom stereocenters. The number of rotatable bonds is 3. The van der Waals surface area contributed by atoms with Gasteiger partial charge < -0.3 is 9.84 Å². The van der Waals surface area contributed by atoms with E-state index in [-0.39, 0.29) is 11.6 Å². The summed E-state index contributed by atoms with van der Waals surface area (Å²) < 4.78 is 18.5. The van der Waals surface area contributed by atoms with Crippen LogP contribution in [0, 0.1) is 5.82 Å². The van der Waals surface area contributed by atoms with Crippen molar-refractivity contribution in [3.63, 3.8) is 0 Å². The first-order valence-corrected chi connectivity index (χ1v) is 6.23. The molecule has 2 aromatic rings. The molecule has 1 aromatic carbocycles. The Labute approximate surface area is 110 Å². The molecule has 1 aliphatic rings. The molecule has 1 N–H and O–H groups in total. The molecule has 1 fully saturated rings. The lowest BCUT2D eigenvalue weighted by Gasteiger charge is -2.11. The topological polar surface area (TPSA) is 42.4 Å². The van der Waals surface area contributed by atoms with Crippen LogP contribution in [-0.4, -0.2) is 17.2 Å². The van der Waals surface area contributed by atoms with Crippen molar-refractivity contribution in [2.45, 2.75) is 18.8 Å². The highest BCUT2D eigenvalue weighted by molar-refractivity contribution is 5.73. The Morgan fingerprint density at radius 3 is 2.68 bits per heavy atom. The fourth-order valence-corrected chi connectivity index (χ4v) is 2.19.